The molecule has 2 rings (SSSR count). The zero-order valence-corrected chi connectivity index (χ0v) is 13.8. The van der Waals surface area contributed by atoms with Crippen LogP contribution in [0.1, 0.15) is 42.4 Å². The minimum absolute atomic E-state index is 0.367. The average molecular weight is 315 g/mol. The van der Waals surface area contributed by atoms with E-state index in [0.29, 0.717) is 12.0 Å². The maximum atomic E-state index is 12.2. The molecule has 0 aliphatic heterocycles. The van der Waals surface area contributed by atoms with Crippen molar-refractivity contribution in [2.45, 2.75) is 32.8 Å². The Morgan fingerprint density at radius 1 is 1.09 bits per heavy atom. The van der Waals surface area contributed by atoms with Gasteiger partial charge in [-0.05, 0) is 50.6 Å². The standard InChI is InChI=1S/C18H21NO4/c1-18(2,3)23-17(21)19-11-5-6-15(19)12-13-7-9-14(10-8-13)16(20)22-4/h5-11H,12H2,1-4H3. The number of aromatic nitrogens is 1. The Labute approximate surface area is 135 Å². The van der Waals surface area contributed by atoms with Gasteiger partial charge in [-0.15, -0.1) is 0 Å². The first-order valence-corrected chi connectivity index (χ1v) is 7.37. The maximum absolute atomic E-state index is 12.2. The van der Waals surface area contributed by atoms with Crippen LogP contribution in [0.2, 0.25) is 0 Å². The van der Waals surface area contributed by atoms with Crippen molar-refractivity contribution in [3.63, 3.8) is 0 Å². The molecule has 0 unspecified atom stereocenters. The van der Waals surface area contributed by atoms with E-state index < -0.39 is 11.7 Å². The quantitative estimate of drug-likeness (QED) is 0.811. The van der Waals surface area contributed by atoms with Crippen molar-refractivity contribution < 1.29 is 19.1 Å². The molecule has 0 amide bonds. The number of rotatable bonds is 3. The van der Waals surface area contributed by atoms with Crippen molar-refractivity contribution in [3.8, 4) is 0 Å². The third kappa shape index (κ3) is 4.45. The van der Waals surface area contributed by atoms with Crippen molar-refractivity contribution in [1.29, 1.82) is 0 Å². The van der Waals surface area contributed by atoms with Crippen molar-refractivity contribution in [2.75, 3.05) is 7.11 Å². The molecule has 0 aliphatic carbocycles. The van der Waals surface area contributed by atoms with E-state index >= 15 is 0 Å². The van der Waals surface area contributed by atoms with Gasteiger partial charge in [-0.1, -0.05) is 12.1 Å². The summed E-state index contributed by atoms with van der Waals surface area (Å²) < 4.78 is 11.6. The van der Waals surface area contributed by atoms with Crippen LogP contribution in [0.4, 0.5) is 4.79 Å². The highest BCUT2D eigenvalue weighted by atomic mass is 16.6. The summed E-state index contributed by atoms with van der Waals surface area (Å²) >= 11 is 0. The number of hydrogen-bond acceptors (Lipinski definition) is 4. The van der Waals surface area contributed by atoms with Gasteiger partial charge in [-0.2, -0.15) is 0 Å². The van der Waals surface area contributed by atoms with Gasteiger partial charge in [0.2, 0.25) is 0 Å². The molecule has 0 saturated carbocycles. The molecular formula is C18H21NO4. The molecule has 5 nitrogen and oxygen atoms in total. The molecule has 0 atom stereocenters. The summed E-state index contributed by atoms with van der Waals surface area (Å²) in [6.45, 7) is 5.50. The molecule has 1 aromatic carbocycles. The predicted octanol–water partition coefficient (Wildman–Crippen LogP) is 3.65. The van der Waals surface area contributed by atoms with Gasteiger partial charge in [0.25, 0.3) is 0 Å². The lowest BCUT2D eigenvalue weighted by atomic mass is 10.1. The summed E-state index contributed by atoms with van der Waals surface area (Å²) in [6, 6.07) is 10.8. The van der Waals surface area contributed by atoms with Crippen LogP contribution in [0.5, 0.6) is 0 Å². The van der Waals surface area contributed by atoms with Crippen LogP contribution < -0.4 is 0 Å². The maximum Gasteiger partial charge on any atom is 0.418 e. The molecule has 0 N–H and O–H groups in total. The fraction of sp³-hybridized carbons (Fsp3) is 0.333. The van der Waals surface area contributed by atoms with Gasteiger partial charge in [0.15, 0.2) is 0 Å². The second kappa shape index (κ2) is 6.69. The molecule has 0 saturated heterocycles. The summed E-state index contributed by atoms with van der Waals surface area (Å²) in [5.41, 5.74) is 1.77. The van der Waals surface area contributed by atoms with Crippen LogP contribution in [-0.2, 0) is 15.9 Å². The zero-order chi connectivity index (χ0) is 17.0. The Kier molecular flexibility index (Phi) is 4.89. The fourth-order valence-corrected chi connectivity index (χ4v) is 2.14. The molecule has 0 fully saturated rings. The van der Waals surface area contributed by atoms with Gasteiger partial charge >= 0.3 is 12.1 Å². The molecule has 0 radical (unpaired) electrons. The number of esters is 1. The summed E-state index contributed by atoms with van der Waals surface area (Å²) in [4.78, 5) is 23.6. The summed E-state index contributed by atoms with van der Waals surface area (Å²) in [5, 5.41) is 0. The predicted molar refractivity (Wildman–Crippen MR) is 86.7 cm³/mol. The third-order valence-electron chi connectivity index (χ3n) is 3.18. The van der Waals surface area contributed by atoms with E-state index in [9.17, 15) is 9.59 Å². The number of carbonyl (C=O) groups excluding carboxylic acids is 2. The van der Waals surface area contributed by atoms with E-state index in [-0.39, 0.29) is 5.97 Å². The first-order chi connectivity index (χ1) is 10.8. The SMILES string of the molecule is COC(=O)c1ccc(Cc2cccn2C(=O)OC(C)(C)C)cc1. The second-order valence-corrected chi connectivity index (χ2v) is 6.22. The highest BCUT2D eigenvalue weighted by Crippen LogP contribution is 2.15. The molecule has 0 bridgehead atoms. The number of ether oxygens (including phenoxy) is 2. The van der Waals surface area contributed by atoms with Crippen LogP contribution in [0.25, 0.3) is 0 Å². The molecule has 0 aliphatic rings. The van der Waals surface area contributed by atoms with Crippen molar-refractivity contribution >= 4 is 12.1 Å². The second-order valence-electron chi connectivity index (χ2n) is 6.22. The van der Waals surface area contributed by atoms with Crippen molar-refractivity contribution in [2.24, 2.45) is 0 Å². The fourth-order valence-electron chi connectivity index (χ4n) is 2.14. The lowest BCUT2D eigenvalue weighted by Crippen LogP contribution is -2.27. The third-order valence-corrected chi connectivity index (χ3v) is 3.18. The zero-order valence-electron chi connectivity index (χ0n) is 13.8. The molecule has 23 heavy (non-hydrogen) atoms. The molecule has 1 heterocycles. The number of benzene rings is 1. The lowest BCUT2D eigenvalue weighted by molar-refractivity contribution is 0.0532. The normalized spacial score (nSPS) is 11.1. The largest absolute Gasteiger partial charge is 0.465 e. The van der Waals surface area contributed by atoms with Crippen LogP contribution in [0, 0.1) is 0 Å². The minimum atomic E-state index is -0.541. The van der Waals surface area contributed by atoms with Crippen LogP contribution >= 0.6 is 0 Å². The van der Waals surface area contributed by atoms with Crippen LogP contribution in [0.15, 0.2) is 42.6 Å². The number of carbonyl (C=O) groups is 2. The minimum Gasteiger partial charge on any atom is -0.465 e. The van der Waals surface area contributed by atoms with Gasteiger partial charge in [0.1, 0.15) is 5.60 Å². The Bertz CT molecular complexity index is 693. The Balaban J connectivity index is 2.14. The smallest absolute Gasteiger partial charge is 0.418 e. The number of methoxy groups -OCH3 is 1. The van der Waals surface area contributed by atoms with E-state index in [2.05, 4.69) is 4.74 Å². The summed E-state index contributed by atoms with van der Waals surface area (Å²) in [7, 11) is 1.35. The Morgan fingerprint density at radius 2 is 1.74 bits per heavy atom. The van der Waals surface area contributed by atoms with E-state index in [1.807, 2.05) is 45.0 Å². The summed E-state index contributed by atoms with van der Waals surface area (Å²) in [6.07, 6.45) is 1.85. The molecule has 5 heteroatoms. The molecular weight excluding hydrogens is 294 g/mol. The summed E-state index contributed by atoms with van der Waals surface area (Å²) in [5.74, 6) is -0.367. The lowest BCUT2D eigenvalue weighted by Gasteiger charge is -2.20. The number of hydrogen-bond donors (Lipinski definition) is 0. The van der Waals surface area contributed by atoms with Crippen LogP contribution in [0.3, 0.4) is 0 Å². The van der Waals surface area contributed by atoms with Gasteiger partial charge in [-0.3, -0.25) is 4.57 Å². The Morgan fingerprint density at radius 3 is 2.30 bits per heavy atom. The molecule has 1 aromatic heterocycles. The highest BCUT2D eigenvalue weighted by molar-refractivity contribution is 5.89. The van der Waals surface area contributed by atoms with E-state index in [4.69, 9.17) is 4.74 Å². The average Bonchev–Trinajstić information content (AvgIpc) is 2.94. The highest BCUT2D eigenvalue weighted by Gasteiger charge is 2.19. The van der Waals surface area contributed by atoms with Crippen LogP contribution in [-0.4, -0.2) is 29.3 Å². The van der Waals surface area contributed by atoms with E-state index in [1.165, 1.54) is 11.7 Å². The van der Waals surface area contributed by atoms with Crippen molar-refractivity contribution in [1.82, 2.24) is 4.57 Å². The van der Waals surface area contributed by atoms with Gasteiger partial charge < -0.3 is 9.47 Å². The first-order valence-electron chi connectivity index (χ1n) is 7.37. The van der Waals surface area contributed by atoms with Gasteiger partial charge in [0.05, 0.1) is 12.7 Å². The first kappa shape index (κ1) is 16.8. The molecule has 2 aromatic rings. The Hall–Kier alpha value is -2.56. The molecule has 122 valence electrons. The van der Waals surface area contributed by atoms with E-state index in [0.717, 1.165) is 11.3 Å². The van der Waals surface area contributed by atoms with Gasteiger partial charge in [-0.25, -0.2) is 9.59 Å². The topological polar surface area (TPSA) is 57.5 Å². The molecule has 0 spiro atoms. The van der Waals surface area contributed by atoms with Crippen molar-refractivity contribution in [3.05, 3.63) is 59.4 Å². The van der Waals surface area contributed by atoms with E-state index in [1.54, 1.807) is 18.3 Å². The number of nitrogens with zero attached hydrogens (tertiary/aromatic N) is 1. The van der Waals surface area contributed by atoms with Gasteiger partial charge in [0, 0.05) is 18.3 Å². The monoisotopic (exact) mass is 315 g/mol.